The number of carboxylic acids is 1. The summed E-state index contributed by atoms with van der Waals surface area (Å²) in [6.07, 6.45) is -15.3. The fourth-order valence-corrected chi connectivity index (χ4v) is 4.82. The summed E-state index contributed by atoms with van der Waals surface area (Å²) in [5.41, 5.74) is -0.264. The smallest absolute Gasteiger partial charge is 0.269 e. The van der Waals surface area contributed by atoms with E-state index < -0.39 is 109 Å². The van der Waals surface area contributed by atoms with Crippen LogP contribution >= 0.6 is 0 Å². The quantitative estimate of drug-likeness (QED) is 0.0788. The number of aliphatic hydroxyl groups excluding tert-OH is 6. The van der Waals surface area contributed by atoms with E-state index >= 15 is 0 Å². The van der Waals surface area contributed by atoms with E-state index in [2.05, 4.69) is 10.6 Å². The van der Waals surface area contributed by atoms with Crippen LogP contribution in [0.15, 0.2) is 24.3 Å². The minimum absolute atomic E-state index is 0.00700. The number of amides is 2. The first-order valence-electron chi connectivity index (χ1n) is 13.3. The monoisotopic (exact) mass is 632 g/mol. The van der Waals surface area contributed by atoms with Crippen molar-refractivity contribution in [3.05, 3.63) is 34.4 Å². The van der Waals surface area contributed by atoms with Gasteiger partial charge in [-0.1, -0.05) is 0 Å². The molecule has 1 aromatic carbocycles. The summed E-state index contributed by atoms with van der Waals surface area (Å²) in [5, 5.41) is 89.9. The number of nitrogens with zero attached hydrogens (tertiary/aromatic N) is 1. The molecule has 0 radical (unpaired) electrons. The Bertz CT molecular complexity index is 1190. The van der Waals surface area contributed by atoms with Crippen molar-refractivity contribution in [1.82, 2.24) is 10.6 Å². The molecular weight excluding hydrogens is 598 g/mol. The van der Waals surface area contributed by atoms with Gasteiger partial charge < -0.3 is 70.1 Å². The van der Waals surface area contributed by atoms with Crippen molar-refractivity contribution >= 4 is 23.5 Å². The van der Waals surface area contributed by atoms with Gasteiger partial charge >= 0.3 is 0 Å². The van der Waals surface area contributed by atoms with E-state index in [1.807, 2.05) is 0 Å². The normalized spacial score (nSPS) is 33.5. The minimum atomic E-state index is -2.88. The number of carbonyl (C=O) groups is 3. The third kappa shape index (κ3) is 7.94. The summed E-state index contributed by atoms with van der Waals surface area (Å²) in [6.45, 7) is 0.266. The number of nitro groups is 1. The largest absolute Gasteiger partial charge is 0.544 e. The molecule has 0 saturated carbocycles. The molecule has 19 nitrogen and oxygen atoms in total. The van der Waals surface area contributed by atoms with Crippen LogP contribution in [0.4, 0.5) is 5.69 Å². The lowest BCUT2D eigenvalue weighted by atomic mass is 9.88. The first-order valence-corrected chi connectivity index (χ1v) is 13.3. The van der Waals surface area contributed by atoms with Crippen molar-refractivity contribution in [2.75, 3.05) is 13.2 Å². The molecule has 2 heterocycles. The zero-order valence-corrected chi connectivity index (χ0v) is 23.4. The highest BCUT2D eigenvalue weighted by molar-refractivity contribution is 5.75. The highest BCUT2D eigenvalue weighted by atomic mass is 16.7. The van der Waals surface area contributed by atoms with Crippen LogP contribution in [-0.4, -0.2) is 133 Å². The zero-order valence-electron chi connectivity index (χ0n) is 23.4. The second-order valence-corrected chi connectivity index (χ2v) is 10.3. The van der Waals surface area contributed by atoms with Gasteiger partial charge in [0.25, 0.3) is 5.69 Å². The molecule has 3 rings (SSSR count). The van der Waals surface area contributed by atoms with Crippen LogP contribution < -0.4 is 20.5 Å². The van der Waals surface area contributed by atoms with Crippen LogP contribution in [0.5, 0.6) is 5.75 Å². The molecule has 0 aliphatic carbocycles. The Morgan fingerprint density at radius 2 is 1.66 bits per heavy atom. The van der Waals surface area contributed by atoms with Gasteiger partial charge in [-0.05, 0) is 12.1 Å². The Morgan fingerprint density at radius 1 is 1.07 bits per heavy atom. The molecule has 2 aliphatic rings. The number of carboxylic acid groups (broad SMARTS) is 1. The van der Waals surface area contributed by atoms with E-state index in [0.29, 0.717) is 0 Å². The molecule has 11 atom stereocenters. The summed E-state index contributed by atoms with van der Waals surface area (Å²) < 4.78 is 22.3. The summed E-state index contributed by atoms with van der Waals surface area (Å²) >= 11 is 0. The summed E-state index contributed by atoms with van der Waals surface area (Å²) in [7, 11) is 0. The van der Waals surface area contributed by atoms with Crippen molar-refractivity contribution in [2.45, 2.75) is 87.2 Å². The van der Waals surface area contributed by atoms with Crippen LogP contribution in [0.2, 0.25) is 0 Å². The highest BCUT2D eigenvalue weighted by Crippen LogP contribution is 2.34. The lowest BCUT2D eigenvalue weighted by Crippen LogP contribution is -2.70. The van der Waals surface area contributed by atoms with E-state index in [9.17, 15) is 60.2 Å². The molecule has 0 spiro atoms. The predicted octanol–water partition coefficient (Wildman–Crippen LogP) is -5.24. The van der Waals surface area contributed by atoms with Crippen molar-refractivity contribution in [1.29, 1.82) is 0 Å². The molecule has 1 aromatic rings. The van der Waals surface area contributed by atoms with Gasteiger partial charge in [-0.25, -0.2) is 0 Å². The Balaban J connectivity index is 1.86. The number of nitro benzene ring substituents is 1. The molecular formula is C25H34N3O16-. The number of aliphatic carboxylic acids is 1. The minimum Gasteiger partial charge on any atom is -0.544 e. The van der Waals surface area contributed by atoms with E-state index in [4.69, 9.17) is 18.9 Å². The molecule has 2 fully saturated rings. The molecule has 2 aliphatic heterocycles. The fraction of sp³-hybridized carbons (Fsp3) is 0.640. The van der Waals surface area contributed by atoms with Crippen molar-refractivity contribution in [3.8, 4) is 5.75 Å². The fourth-order valence-electron chi connectivity index (χ4n) is 4.82. The van der Waals surface area contributed by atoms with E-state index in [-0.39, 0.29) is 11.4 Å². The molecule has 44 heavy (non-hydrogen) atoms. The van der Waals surface area contributed by atoms with Gasteiger partial charge in [0.05, 0.1) is 30.3 Å². The number of hydrogen-bond donors (Lipinski definition) is 8. The molecule has 4 unspecified atom stereocenters. The van der Waals surface area contributed by atoms with Gasteiger partial charge in [0.2, 0.25) is 23.9 Å². The maximum atomic E-state index is 12.3. The van der Waals surface area contributed by atoms with Crippen LogP contribution in [0.3, 0.4) is 0 Å². The first kappa shape index (κ1) is 35.0. The van der Waals surface area contributed by atoms with E-state index in [1.165, 1.54) is 12.1 Å². The molecule has 2 amide bonds. The average Bonchev–Trinajstić information content (AvgIpc) is 2.96. The number of rotatable bonds is 12. The SMILES string of the molecule is CC(=O)NC1C(O)[C@@H](O)C(CO[C@]2(C(=O)[O-])C[C@@H](O)[C@@H](NC(C)=O)C([C@H](O)[C@H](O)CO)O2)O[C@H]1Oc1ccc([N+](=O)[O-])cc1. The van der Waals surface area contributed by atoms with Crippen molar-refractivity contribution in [3.63, 3.8) is 0 Å². The summed E-state index contributed by atoms with van der Waals surface area (Å²) in [5.74, 6) is -6.33. The van der Waals surface area contributed by atoms with Crippen LogP contribution in [0, 0.1) is 10.1 Å². The molecule has 2 saturated heterocycles. The lowest BCUT2D eigenvalue weighted by Gasteiger charge is -2.49. The van der Waals surface area contributed by atoms with Gasteiger partial charge in [0, 0.05) is 32.4 Å². The van der Waals surface area contributed by atoms with Gasteiger partial charge in [-0.2, -0.15) is 0 Å². The number of aliphatic hydroxyl groups is 6. The Morgan fingerprint density at radius 3 is 2.18 bits per heavy atom. The number of ether oxygens (including phenoxy) is 4. The number of nitrogens with one attached hydrogen (secondary N) is 2. The average molecular weight is 633 g/mol. The summed E-state index contributed by atoms with van der Waals surface area (Å²) in [4.78, 5) is 46.1. The third-order valence-electron chi connectivity index (χ3n) is 7.02. The summed E-state index contributed by atoms with van der Waals surface area (Å²) in [6, 6.07) is 1.76. The van der Waals surface area contributed by atoms with Crippen LogP contribution in [0.25, 0.3) is 0 Å². The van der Waals surface area contributed by atoms with Gasteiger partial charge in [0.15, 0.2) is 0 Å². The molecule has 0 aromatic heterocycles. The Hall–Kier alpha value is -3.53. The number of carbonyl (C=O) groups excluding carboxylic acids is 3. The second-order valence-electron chi connectivity index (χ2n) is 10.3. The van der Waals surface area contributed by atoms with Crippen LogP contribution in [0.1, 0.15) is 20.3 Å². The first-order chi connectivity index (χ1) is 20.6. The third-order valence-corrected chi connectivity index (χ3v) is 7.02. The standard InChI is InChI=1S/C25H35N3O16/c1-10(30)26-17-14(32)7-25(24(37)38,44-22(17)19(34)15(33)8-29)41-9-16-20(35)21(36)18(27-11(2)31)23(43-16)42-13-5-3-12(4-6-13)28(39)40/h3-6,14-23,29,32-36H,7-9H2,1-2H3,(H,26,30)(H,27,31)(H,37,38)/p-1/t14-,15-,16?,17-,18?,19-,20+,21?,22?,23-,25-/m1/s1. The Labute approximate surface area is 249 Å². The number of hydrogen-bond acceptors (Lipinski definition) is 16. The van der Waals surface area contributed by atoms with E-state index in [1.54, 1.807) is 0 Å². The molecule has 246 valence electrons. The van der Waals surface area contributed by atoms with Crippen molar-refractivity contribution in [2.24, 2.45) is 0 Å². The van der Waals surface area contributed by atoms with Gasteiger partial charge in [0.1, 0.15) is 54.4 Å². The maximum Gasteiger partial charge on any atom is 0.269 e. The van der Waals surface area contributed by atoms with Crippen LogP contribution in [-0.2, 0) is 28.6 Å². The van der Waals surface area contributed by atoms with Gasteiger partial charge in [-0.15, -0.1) is 0 Å². The Kier molecular flexibility index (Phi) is 11.5. The molecule has 19 heteroatoms. The number of benzene rings is 1. The second kappa shape index (κ2) is 14.5. The predicted molar refractivity (Wildman–Crippen MR) is 138 cm³/mol. The molecule has 8 N–H and O–H groups in total. The zero-order chi connectivity index (χ0) is 32.9. The molecule has 0 bridgehead atoms. The highest BCUT2D eigenvalue weighted by Gasteiger charge is 2.54. The van der Waals surface area contributed by atoms with Crippen molar-refractivity contribution < 1.29 is 74.0 Å². The van der Waals surface area contributed by atoms with Gasteiger partial charge in [-0.3, -0.25) is 19.7 Å². The maximum absolute atomic E-state index is 12.3. The lowest BCUT2D eigenvalue weighted by molar-refractivity contribution is -0.386. The topological polar surface area (TPSA) is 300 Å². The van der Waals surface area contributed by atoms with E-state index in [0.717, 1.165) is 26.0 Å². The number of non-ortho nitro benzene ring substituents is 1.